The van der Waals surface area contributed by atoms with Crippen LogP contribution in [0.3, 0.4) is 0 Å². The van der Waals surface area contributed by atoms with Gasteiger partial charge in [-0.3, -0.25) is 4.98 Å². The van der Waals surface area contributed by atoms with Gasteiger partial charge in [-0.05, 0) is 31.0 Å². The highest BCUT2D eigenvalue weighted by molar-refractivity contribution is 6.66. The van der Waals surface area contributed by atoms with E-state index in [0.29, 0.717) is 5.69 Å². The van der Waals surface area contributed by atoms with E-state index in [1.165, 1.54) is 0 Å². The smallest absolute Gasteiger partial charge is 0.232 e. The summed E-state index contributed by atoms with van der Waals surface area (Å²) in [4.78, 5) is 4.01. The van der Waals surface area contributed by atoms with Crippen molar-refractivity contribution < 1.29 is 0 Å². The van der Waals surface area contributed by atoms with Gasteiger partial charge in [-0.25, -0.2) is 0 Å². The molecule has 0 saturated heterocycles. The van der Waals surface area contributed by atoms with Crippen molar-refractivity contribution in [2.24, 2.45) is 0 Å². The van der Waals surface area contributed by atoms with Gasteiger partial charge in [-0.15, -0.1) is 0 Å². The number of nitrogens with zero attached hydrogens (tertiary/aromatic N) is 1. The van der Waals surface area contributed by atoms with E-state index in [9.17, 15) is 0 Å². The minimum Gasteiger partial charge on any atom is -0.256 e. The van der Waals surface area contributed by atoms with Crippen LogP contribution in [0.25, 0.3) is 0 Å². The maximum absolute atomic E-state index is 5.65. The van der Waals surface area contributed by atoms with E-state index < -0.39 is 3.79 Å². The first-order valence-corrected chi connectivity index (χ1v) is 4.55. The van der Waals surface area contributed by atoms with Gasteiger partial charge in [0.25, 0.3) is 0 Å². The Morgan fingerprint density at radius 3 is 2.17 bits per heavy atom. The zero-order valence-electron chi connectivity index (χ0n) is 6.74. The molecule has 1 aromatic heterocycles. The van der Waals surface area contributed by atoms with Crippen LogP contribution >= 0.6 is 34.8 Å². The van der Waals surface area contributed by atoms with Crippen LogP contribution in [0.1, 0.15) is 16.8 Å². The predicted octanol–water partition coefficient (Wildman–Crippen LogP) is 3.53. The van der Waals surface area contributed by atoms with E-state index in [-0.39, 0.29) is 0 Å². The highest BCUT2D eigenvalue weighted by Gasteiger charge is 2.24. The lowest BCUT2D eigenvalue weighted by Gasteiger charge is -2.11. The summed E-state index contributed by atoms with van der Waals surface area (Å²) >= 11 is 17.0. The van der Waals surface area contributed by atoms with Gasteiger partial charge in [0.2, 0.25) is 3.79 Å². The molecule has 1 aromatic rings. The second-order valence-corrected chi connectivity index (χ2v) is 4.93. The monoisotopic (exact) mass is 223 g/mol. The van der Waals surface area contributed by atoms with Crippen molar-refractivity contribution in [3.05, 3.63) is 29.1 Å². The summed E-state index contributed by atoms with van der Waals surface area (Å²) in [6, 6.07) is 1.78. The Morgan fingerprint density at radius 2 is 1.75 bits per heavy atom. The first-order chi connectivity index (χ1) is 5.41. The van der Waals surface area contributed by atoms with Crippen molar-refractivity contribution in [1.82, 2.24) is 4.98 Å². The molecule has 0 unspecified atom stereocenters. The highest BCUT2D eigenvalue weighted by atomic mass is 35.6. The van der Waals surface area contributed by atoms with Crippen LogP contribution in [0.2, 0.25) is 0 Å². The first-order valence-electron chi connectivity index (χ1n) is 3.41. The van der Waals surface area contributed by atoms with Crippen LogP contribution in [0.4, 0.5) is 0 Å². The van der Waals surface area contributed by atoms with Crippen LogP contribution in [0.15, 0.2) is 12.3 Å². The number of hydrogen-bond acceptors (Lipinski definition) is 1. The zero-order chi connectivity index (χ0) is 9.35. The maximum atomic E-state index is 5.65. The Hall–Kier alpha value is 0.0200. The molecule has 1 heterocycles. The van der Waals surface area contributed by atoms with Crippen molar-refractivity contribution in [2.75, 3.05) is 0 Å². The lowest BCUT2D eigenvalue weighted by Crippen LogP contribution is -2.04. The molecule has 66 valence electrons. The second-order valence-electron chi connectivity index (χ2n) is 2.65. The molecular weight excluding hydrogens is 216 g/mol. The average Bonchev–Trinajstić information content (AvgIpc) is 1.92. The Labute approximate surface area is 86.7 Å². The molecule has 0 aliphatic heterocycles. The summed E-state index contributed by atoms with van der Waals surface area (Å²) in [7, 11) is 0. The fourth-order valence-corrected chi connectivity index (χ4v) is 1.09. The summed E-state index contributed by atoms with van der Waals surface area (Å²) in [6.07, 6.45) is 1.70. The van der Waals surface area contributed by atoms with Crippen molar-refractivity contribution in [2.45, 2.75) is 17.6 Å². The zero-order valence-corrected chi connectivity index (χ0v) is 9.00. The van der Waals surface area contributed by atoms with Gasteiger partial charge in [0, 0.05) is 6.20 Å². The third-order valence-corrected chi connectivity index (χ3v) is 2.24. The van der Waals surface area contributed by atoms with Crippen LogP contribution < -0.4 is 0 Å². The summed E-state index contributed by atoms with van der Waals surface area (Å²) < 4.78 is -1.42. The number of halogens is 3. The molecule has 4 heteroatoms. The summed E-state index contributed by atoms with van der Waals surface area (Å²) in [6.45, 7) is 3.92. The van der Waals surface area contributed by atoms with Gasteiger partial charge < -0.3 is 0 Å². The standard InChI is InChI=1S/C8H8Cl3N/c1-5-3-7(8(9,10)11)12-4-6(5)2/h3-4H,1-2H3. The number of aryl methyl sites for hydroxylation is 2. The first kappa shape index (κ1) is 10.1. The molecule has 0 N–H and O–H groups in total. The number of hydrogen-bond donors (Lipinski definition) is 0. The Balaban J connectivity index is 3.14. The van der Waals surface area contributed by atoms with Gasteiger partial charge in [0.15, 0.2) is 0 Å². The van der Waals surface area contributed by atoms with E-state index in [1.807, 2.05) is 13.8 Å². The Kier molecular flexibility index (Phi) is 2.87. The minimum atomic E-state index is -1.42. The molecule has 0 fully saturated rings. The van der Waals surface area contributed by atoms with Crippen molar-refractivity contribution in [3.8, 4) is 0 Å². The van der Waals surface area contributed by atoms with E-state index in [2.05, 4.69) is 4.98 Å². The Morgan fingerprint density at radius 1 is 1.17 bits per heavy atom. The molecule has 12 heavy (non-hydrogen) atoms. The molecule has 0 aliphatic rings. The average molecular weight is 225 g/mol. The van der Waals surface area contributed by atoms with Crippen molar-refractivity contribution in [3.63, 3.8) is 0 Å². The molecule has 0 amide bonds. The fourth-order valence-electron chi connectivity index (χ4n) is 0.779. The largest absolute Gasteiger partial charge is 0.256 e. The van der Waals surface area contributed by atoms with E-state index >= 15 is 0 Å². The number of alkyl halides is 3. The molecule has 1 rings (SSSR count). The summed E-state index contributed by atoms with van der Waals surface area (Å²) in [5.74, 6) is 0. The normalized spacial score (nSPS) is 11.8. The third kappa shape index (κ3) is 2.25. The molecule has 0 aromatic carbocycles. The van der Waals surface area contributed by atoms with Crippen LogP contribution in [0, 0.1) is 13.8 Å². The Bertz CT molecular complexity index is 291. The molecule has 0 radical (unpaired) electrons. The molecule has 1 nitrogen and oxygen atoms in total. The van der Waals surface area contributed by atoms with E-state index in [1.54, 1.807) is 12.3 Å². The molecule has 0 bridgehead atoms. The van der Waals surface area contributed by atoms with Gasteiger partial charge >= 0.3 is 0 Å². The van der Waals surface area contributed by atoms with Gasteiger partial charge in [0.1, 0.15) is 0 Å². The highest BCUT2D eigenvalue weighted by Crippen LogP contribution is 2.37. The SMILES string of the molecule is Cc1cnc(C(Cl)(Cl)Cl)cc1C. The van der Waals surface area contributed by atoms with E-state index in [4.69, 9.17) is 34.8 Å². The fraction of sp³-hybridized carbons (Fsp3) is 0.375. The van der Waals surface area contributed by atoms with Gasteiger partial charge in [-0.1, -0.05) is 34.8 Å². The van der Waals surface area contributed by atoms with Crippen molar-refractivity contribution in [1.29, 1.82) is 0 Å². The molecular formula is C8H8Cl3N. The second kappa shape index (κ2) is 3.41. The molecule has 0 aliphatic carbocycles. The number of aromatic nitrogens is 1. The molecule has 0 spiro atoms. The summed E-state index contributed by atoms with van der Waals surface area (Å²) in [5, 5.41) is 0. The van der Waals surface area contributed by atoms with Crippen LogP contribution in [0.5, 0.6) is 0 Å². The number of rotatable bonds is 0. The van der Waals surface area contributed by atoms with Crippen molar-refractivity contribution >= 4 is 34.8 Å². The lowest BCUT2D eigenvalue weighted by molar-refractivity contribution is 1.06. The quantitative estimate of drug-likeness (QED) is 0.615. The van der Waals surface area contributed by atoms with E-state index in [0.717, 1.165) is 11.1 Å². The predicted molar refractivity (Wildman–Crippen MR) is 52.9 cm³/mol. The topological polar surface area (TPSA) is 12.9 Å². The maximum Gasteiger partial charge on any atom is 0.232 e. The lowest BCUT2D eigenvalue weighted by atomic mass is 10.1. The van der Waals surface area contributed by atoms with Crippen LogP contribution in [-0.2, 0) is 3.79 Å². The third-order valence-electron chi connectivity index (χ3n) is 1.66. The summed E-state index contributed by atoms with van der Waals surface area (Å²) in [5.41, 5.74) is 2.63. The molecule has 0 saturated carbocycles. The minimum absolute atomic E-state index is 0.468. The van der Waals surface area contributed by atoms with Gasteiger partial charge in [-0.2, -0.15) is 0 Å². The molecule has 0 atom stereocenters. The number of pyridine rings is 1. The van der Waals surface area contributed by atoms with Gasteiger partial charge in [0.05, 0.1) is 5.69 Å². The van der Waals surface area contributed by atoms with Crippen LogP contribution in [-0.4, -0.2) is 4.98 Å².